The Labute approximate surface area is 119 Å². The summed E-state index contributed by atoms with van der Waals surface area (Å²) >= 11 is 0. The van der Waals surface area contributed by atoms with Crippen LogP contribution in [-0.4, -0.2) is 31.9 Å². The number of nitrogens with two attached hydrogens (primary N) is 1. The highest BCUT2D eigenvalue weighted by Crippen LogP contribution is 2.23. The smallest absolute Gasteiger partial charge is 0.243 e. The zero-order valence-electron chi connectivity index (χ0n) is 10.5. The lowest BCUT2D eigenvalue weighted by molar-refractivity contribution is 0.464. The van der Waals surface area contributed by atoms with Crippen LogP contribution in [0.2, 0.25) is 0 Å². The highest BCUT2D eigenvalue weighted by Gasteiger charge is 2.35. The van der Waals surface area contributed by atoms with Crippen molar-refractivity contribution in [2.24, 2.45) is 11.7 Å². The van der Waals surface area contributed by atoms with Crippen molar-refractivity contribution in [3.8, 4) is 6.07 Å². The fraction of sp³-hybridized carbons (Fsp3) is 0.417. The van der Waals surface area contributed by atoms with E-state index in [-0.39, 0.29) is 29.3 Å². The molecule has 1 heterocycles. The van der Waals surface area contributed by atoms with Crippen LogP contribution in [0.15, 0.2) is 29.2 Å². The largest absolute Gasteiger partial charge is 0.326 e. The predicted octanol–water partition coefficient (Wildman–Crippen LogP) is 0.948. The average Bonchev–Trinajstić information content (AvgIpc) is 2.70. The first-order valence-electron chi connectivity index (χ1n) is 5.71. The first-order valence-corrected chi connectivity index (χ1v) is 7.15. The van der Waals surface area contributed by atoms with E-state index < -0.39 is 10.0 Å². The first-order chi connectivity index (χ1) is 8.45. The Morgan fingerprint density at radius 2 is 2.11 bits per heavy atom. The van der Waals surface area contributed by atoms with E-state index in [1.165, 1.54) is 16.4 Å². The summed E-state index contributed by atoms with van der Waals surface area (Å²) in [4.78, 5) is 0.155. The first kappa shape index (κ1) is 15.9. The summed E-state index contributed by atoms with van der Waals surface area (Å²) in [5.41, 5.74) is 6.18. The van der Waals surface area contributed by atoms with E-state index in [1.54, 1.807) is 12.1 Å². The molecular formula is C12H16ClN3O2S. The van der Waals surface area contributed by atoms with Crippen LogP contribution in [0.3, 0.4) is 0 Å². The van der Waals surface area contributed by atoms with Gasteiger partial charge in [0.1, 0.15) is 0 Å². The molecule has 2 N–H and O–H groups in total. The van der Waals surface area contributed by atoms with E-state index in [0.717, 1.165) is 0 Å². The molecule has 0 bridgehead atoms. The maximum atomic E-state index is 12.4. The molecule has 1 aliphatic rings. The van der Waals surface area contributed by atoms with Gasteiger partial charge in [0, 0.05) is 19.1 Å². The van der Waals surface area contributed by atoms with Crippen LogP contribution in [0.4, 0.5) is 0 Å². The average molecular weight is 302 g/mol. The van der Waals surface area contributed by atoms with Crippen LogP contribution >= 0.6 is 12.4 Å². The Hall–Kier alpha value is -1.13. The molecule has 0 aromatic heterocycles. The summed E-state index contributed by atoms with van der Waals surface area (Å²) in [7, 11) is -3.53. The van der Waals surface area contributed by atoms with Crippen molar-refractivity contribution in [3.05, 3.63) is 29.8 Å². The summed E-state index contributed by atoms with van der Waals surface area (Å²) in [6.45, 7) is 2.70. The Balaban J connectivity index is 0.00000180. The third kappa shape index (κ3) is 3.07. The molecule has 1 aromatic rings. The molecule has 1 saturated heterocycles. The minimum atomic E-state index is -3.53. The van der Waals surface area contributed by atoms with E-state index in [2.05, 4.69) is 0 Å². The Morgan fingerprint density at radius 3 is 2.63 bits per heavy atom. The minimum absolute atomic E-state index is 0. The third-order valence-electron chi connectivity index (χ3n) is 3.24. The number of benzene rings is 1. The molecule has 19 heavy (non-hydrogen) atoms. The lowest BCUT2D eigenvalue weighted by Crippen LogP contribution is -2.32. The molecule has 1 aliphatic heterocycles. The standard InChI is InChI=1S/C12H15N3O2S.ClH/c1-9-7-15(8-12(9)14)18(16,17)11-4-2-3-10(5-11)6-13;/h2-5,9,12H,7-8,14H2,1H3;1H. The van der Waals surface area contributed by atoms with Gasteiger partial charge in [-0.15, -0.1) is 12.4 Å². The van der Waals surface area contributed by atoms with Crippen molar-refractivity contribution < 1.29 is 8.42 Å². The minimum Gasteiger partial charge on any atom is -0.326 e. The summed E-state index contributed by atoms with van der Waals surface area (Å²) in [5.74, 6) is 0.152. The summed E-state index contributed by atoms with van der Waals surface area (Å²) in [5, 5.41) is 8.80. The number of hydrogen-bond acceptors (Lipinski definition) is 4. The molecule has 0 amide bonds. The maximum absolute atomic E-state index is 12.4. The van der Waals surface area contributed by atoms with Crippen molar-refractivity contribution >= 4 is 22.4 Å². The second-order valence-corrected chi connectivity index (χ2v) is 6.54. The van der Waals surface area contributed by atoms with Crippen molar-refractivity contribution in [2.75, 3.05) is 13.1 Å². The van der Waals surface area contributed by atoms with Crippen molar-refractivity contribution in [3.63, 3.8) is 0 Å². The maximum Gasteiger partial charge on any atom is 0.243 e. The topological polar surface area (TPSA) is 87.2 Å². The Kier molecular flexibility index (Phi) is 4.93. The fourth-order valence-corrected chi connectivity index (χ4v) is 3.64. The Bertz CT molecular complexity index is 587. The monoisotopic (exact) mass is 301 g/mol. The number of halogens is 1. The summed E-state index contributed by atoms with van der Waals surface area (Å²) in [6, 6.07) is 7.87. The van der Waals surface area contributed by atoms with Crippen LogP contribution in [-0.2, 0) is 10.0 Å². The molecule has 0 spiro atoms. The molecule has 2 unspecified atom stereocenters. The number of rotatable bonds is 2. The second kappa shape index (κ2) is 5.88. The van der Waals surface area contributed by atoms with Crippen LogP contribution < -0.4 is 5.73 Å². The SMILES string of the molecule is CC1CN(S(=O)(=O)c2cccc(C#N)c2)CC1N.Cl. The normalized spacial score (nSPS) is 23.6. The quantitative estimate of drug-likeness (QED) is 0.881. The number of nitrogens with zero attached hydrogens (tertiary/aromatic N) is 2. The highest BCUT2D eigenvalue weighted by atomic mass is 35.5. The van der Waals surface area contributed by atoms with E-state index in [4.69, 9.17) is 11.0 Å². The van der Waals surface area contributed by atoms with Gasteiger partial charge in [0.25, 0.3) is 0 Å². The molecule has 2 rings (SSSR count). The second-order valence-electron chi connectivity index (χ2n) is 4.60. The van der Waals surface area contributed by atoms with E-state index in [9.17, 15) is 8.42 Å². The van der Waals surface area contributed by atoms with Crippen molar-refractivity contribution in [2.45, 2.75) is 17.9 Å². The van der Waals surface area contributed by atoms with E-state index in [1.807, 2.05) is 13.0 Å². The van der Waals surface area contributed by atoms with Gasteiger partial charge in [-0.05, 0) is 24.1 Å². The van der Waals surface area contributed by atoms with Gasteiger partial charge in [-0.2, -0.15) is 9.57 Å². The highest BCUT2D eigenvalue weighted by molar-refractivity contribution is 7.89. The van der Waals surface area contributed by atoms with Gasteiger partial charge in [-0.3, -0.25) is 0 Å². The van der Waals surface area contributed by atoms with Gasteiger partial charge in [-0.25, -0.2) is 8.42 Å². The van der Waals surface area contributed by atoms with Crippen molar-refractivity contribution in [1.82, 2.24) is 4.31 Å². The molecule has 7 heteroatoms. The van der Waals surface area contributed by atoms with Gasteiger partial charge in [0.2, 0.25) is 10.0 Å². The van der Waals surface area contributed by atoms with Crippen LogP contribution in [0.5, 0.6) is 0 Å². The zero-order valence-corrected chi connectivity index (χ0v) is 12.1. The van der Waals surface area contributed by atoms with Gasteiger partial charge in [-0.1, -0.05) is 13.0 Å². The van der Waals surface area contributed by atoms with Crippen molar-refractivity contribution in [1.29, 1.82) is 5.26 Å². The predicted molar refractivity (Wildman–Crippen MR) is 74.3 cm³/mol. The van der Waals surface area contributed by atoms with Crippen LogP contribution in [0.25, 0.3) is 0 Å². The number of nitriles is 1. The molecular weight excluding hydrogens is 286 g/mol. The fourth-order valence-electron chi connectivity index (χ4n) is 2.02. The molecule has 1 fully saturated rings. The number of hydrogen-bond donors (Lipinski definition) is 1. The summed E-state index contributed by atoms with van der Waals surface area (Å²) < 4.78 is 26.1. The molecule has 0 aliphatic carbocycles. The molecule has 0 saturated carbocycles. The van der Waals surface area contributed by atoms with Crippen LogP contribution in [0, 0.1) is 17.2 Å². The van der Waals surface area contributed by atoms with Gasteiger partial charge < -0.3 is 5.73 Å². The lowest BCUT2D eigenvalue weighted by Gasteiger charge is -2.16. The molecule has 2 atom stereocenters. The molecule has 0 radical (unpaired) electrons. The molecule has 1 aromatic carbocycles. The third-order valence-corrected chi connectivity index (χ3v) is 5.07. The van der Waals surface area contributed by atoms with Crippen LogP contribution in [0.1, 0.15) is 12.5 Å². The summed E-state index contributed by atoms with van der Waals surface area (Å²) in [6.07, 6.45) is 0. The molecule has 5 nitrogen and oxygen atoms in total. The van der Waals surface area contributed by atoms with E-state index in [0.29, 0.717) is 18.7 Å². The van der Waals surface area contributed by atoms with Gasteiger partial charge in [0.15, 0.2) is 0 Å². The lowest BCUT2D eigenvalue weighted by atomic mass is 10.1. The number of sulfonamides is 1. The van der Waals surface area contributed by atoms with Gasteiger partial charge >= 0.3 is 0 Å². The Morgan fingerprint density at radius 1 is 1.42 bits per heavy atom. The van der Waals surface area contributed by atoms with E-state index >= 15 is 0 Å². The molecule has 104 valence electrons. The van der Waals surface area contributed by atoms with Gasteiger partial charge in [0.05, 0.1) is 16.5 Å². The zero-order chi connectivity index (χ0) is 13.3.